The Balaban J connectivity index is 2.45. The van der Waals surface area contributed by atoms with Crippen LogP contribution in [0.5, 0.6) is 0 Å². The van der Waals surface area contributed by atoms with E-state index in [0.717, 1.165) is 0 Å². The first kappa shape index (κ1) is 6.65. The molecule has 0 spiro atoms. The Hall–Kier alpha value is -1.05. The molecule has 1 aliphatic rings. The molecular formula is C9H12N2. The minimum Gasteiger partial charge on any atom is -0.245 e. The van der Waals surface area contributed by atoms with E-state index in [4.69, 9.17) is 0 Å². The minimum atomic E-state index is 1.17. The lowest BCUT2D eigenvalue weighted by Crippen LogP contribution is -2.04. The zero-order chi connectivity index (χ0) is 7.68. The summed E-state index contributed by atoms with van der Waals surface area (Å²) in [6.07, 6.45) is 8.73. The first-order valence-corrected chi connectivity index (χ1v) is 4.09. The molecule has 0 aromatic carbocycles. The lowest BCUT2D eigenvalue weighted by molar-refractivity contribution is 0.660. The van der Waals surface area contributed by atoms with E-state index in [1.807, 2.05) is 10.9 Å². The first-order chi connectivity index (χ1) is 5.42. The fraction of sp³-hybridized carbons (Fsp3) is 0.444. The highest BCUT2D eigenvalue weighted by Gasteiger charge is 2.12. The second-order valence-corrected chi connectivity index (χ2v) is 2.95. The lowest BCUT2D eigenvalue weighted by atomic mass is 9.98. The number of hydrogen-bond donors (Lipinski definition) is 0. The van der Waals surface area contributed by atoms with Crippen molar-refractivity contribution < 1.29 is 0 Å². The van der Waals surface area contributed by atoms with E-state index >= 15 is 0 Å². The van der Waals surface area contributed by atoms with Crippen LogP contribution in [-0.2, 0) is 12.8 Å². The molecule has 2 nitrogen and oxygen atoms in total. The molecule has 0 saturated carbocycles. The summed E-state index contributed by atoms with van der Waals surface area (Å²) in [6.45, 7) is 3.71. The van der Waals surface area contributed by atoms with Crippen LogP contribution in [0.4, 0.5) is 0 Å². The van der Waals surface area contributed by atoms with E-state index in [2.05, 4.69) is 11.7 Å². The third kappa shape index (κ3) is 0.985. The van der Waals surface area contributed by atoms with Gasteiger partial charge in [0.05, 0.1) is 6.20 Å². The summed E-state index contributed by atoms with van der Waals surface area (Å²) in [7, 11) is 0. The van der Waals surface area contributed by atoms with Crippen LogP contribution in [0.15, 0.2) is 12.8 Å². The summed E-state index contributed by atoms with van der Waals surface area (Å²) in [5.41, 5.74) is 2.78. The van der Waals surface area contributed by atoms with Gasteiger partial charge in [0, 0.05) is 11.9 Å². The molecule has 2 rings (SSSR count). The van der Waals surface area contributed by atoms with Crippen molar-refractivity contribution in [3.8, 4) is 0 Å². The zero-order valence-electron chi connectivity index (χ0n) is 6.58. The molecule has 1 heterocycles. The van der Waals surface area contributed by atoms with Crippen LogP contribution in [0.2, 0.25) is 0 Å². The average molecular weight is 148 g/mol. The molecule has 1 aliphatic carbocycles. The Kier molecular flexibility index (Phi) is 1.53. The quantitative estimate of drug-likeness (QED) is 0.594. The SMILES string of the molecule is C=Cn1ncc2c1CCCC2. The van der Waals surface area contributed by atoms with Gasteiger partial charge in [-0.1, -0.05) is 6.58 Å². The Bertz CT molecular complexity index is 273. The highest BCUT2D eigenvalue weighted by atomic mass is 15.3. The van der Waals surface area contributed by atoms with Crippen LogP contribution in [0.3, 0.4) is 0 Å². The molecule has 58 valence electrons. The van der Waals surface area contributed by atoms with Gasteiger partial charge >= 0.3 is 0 Å². The van der Waals surface area contributed by atoms with Crippen LogP contribution in [0, 0.1) is 0 Å². The van der Waals surface area contributed by atoms with Crippen molar-refractivity contribution in [1.82, 2.24) is 9.78 Å². The van der Waals surface area contributed by atoms with Crippen molar-refractivity contribution in [1.29, 1.82) is 0 Å². The fourth-order valence-electron chi connectivity index (χ4n) is 1.67. The molecule has 11 heavy (non-hydrogen) atoms. The lowest BCUT2D eigenvalue weighted by Gasteiger charge is -2.10. The summed E-state index contributed by atoms with van der Waals surface area (Å²) in [6, 6.07) is 0. The Labute approximate surface area is 66.5 Å². The molecule has 1 aromatic rings. The standard InChI is InChI=1S/C9H12N2/c1-2-11-9-6-4-3-5-8(9)7-10-11/h2,7H,1,3-6H2. The number of aryl methyl sites for hydroxylation is 1. The van der Waals surface area contributed by atoms with Gasteiger partial charge in [-0.3, -0.25) is 0 Å². The van der Waals surface area contributed by atoms with E-state index in [1.165, 1.54) is 36.9 Å². The molecule has 1 aromatic heterocycles. The van der Waals surface area contributed by atoms with E-state index in [0.29, 0.717) is 0 Å². The van der Waals surface area contributed by atoms with Crippen molar-refractivity contribution >= 4 is 6.20 Å². The fourth-order valence-corrected chi connectivity index (χ4v) is 1.67. The van der Waals surface area contributed by atoms with Crippen LogP contribution in [-0.4, -0.2) is 9.78 Å². The summed E-state index contributed by atoms with van der Waals surface area (Å²) in [5, 5.41) is 4.21. The van der Waals surface area contributed by atoms with Crippen molar-refractivity contribution in [3.05, 3.63) is 24.0 Å². The largest absolute Gasteiger partial charge is 0.245 e. The second kappa shape index (κ2) is 2.53. The van der Waals surface area contributed by atoms with Gasteiger partial charge in [-0.25, -0.2) is 4.68 Å². The van der Waals surface area contributed by atoms with Crippen molar-refractivity contribution in [3.63, 3.8) is 0 Å². The van der Waals surface area contributed by atoms with Gasteiger partial charge in [0.2, 0.25) is 0 Å². The third-order valence-electron chi connectivity index (χ3n) is 2.27. The highest BCUT2D eigenvalue weighted by molar-refractivity contribution is 5.28. The third-order valence-corrected chi connectivity index (χ3v) is 2.27. The first-order valence-electron chi connectivity index (χ1n) is 4.09. The topological polar surface area (TPSA) is 17.8 Å². The average Bonchev–Trinajstić information content (AvgIpc) is 2.47. The van der Waals surface area contributed by atoms with Gasteiger partial charge < -0.3 is 0 Å². The van der Waals surface area contributed by atoms with Crippen LogP contribution in [0.1, 0.15) is 24.1 Å². The number of aromatic nitrogens is 2. The molecule has 0 amide bonds. The predicted octanol–water partition coefficient (Wildman–Crippen LogP) is 1.86. The van der Waals surface area contributed by atoms with Gasteiger partial charge in [0.25, 0.3) is 0 Å². The van der Waals surface area contributed by atoms with E-state index in [9.17, 15) is 0 Å². The molecular weight excluding hydrogens is 136 g/mol. The van der Waals surface area contributed by atoms with Gasteiger partial charge in [-0.05, 0) is 31.2 Å². The second-order valence-electron chi connectivity index (χ2n) is 2.95. The maximum absolute atomic E-state index is 4.21. The molecule has 0 bridgehead atoms. The maximum atomic E-state index is 4.21. The minimum absolute atomic E-state index is 1.17. The van der Waals surface area contributed by atoms with Gasteiger partial charge in [-0.2, -0.15) is 5.10 Å². The molecule has 2 heteroatoms. The van der Waals surface area contributed by atoms with Gasteiger partial charge in [0.1, 0.15) is 0 Å². The monoisotopic (exact) mass is 148 g/mol. The predicted molar refractivity (Wildman–Crippen MR) is 45.3 cm³/mol. The summed E-state index contributed by atoms with van der Waals surface area (Å²) in [4.78, 5) is 0. The molecule has 0 N–H and O–H groups in total. The highest BCUT2D eigenvalue weighted by Crippen LogP contribution is 2.20. The maximum Gasteiger partial charge on any atom is 0.0528 e. The molecule has 0 radical (unpaired) electrons. The number of rotatable bonds is 1. The number of nitrogens with zero attached hydrogens (tertiary/aromatic N) is 2. The normalized spacial score (nSPS) is 16.0. The summed E-state index contributed by atoms with van der Waals surface area (Å²) < 4.78 is 1.90. The Morgan fingerprint density at radius 2 is 2.27 bits per heavy atom. The van der Waals surface area contributed by atoms with Crippen LogP contribution >= 0.6 is 0 Å². The van der Waals surface area contributed by atoms with Crippen LogP contribution < -0.4 is 0 Å². The van der Waals surface area contributed by atoms with Crippen molar-refractivity contribution in [2.24, 2.45) is 0 Å². The Morgan fingerprint density at radius 3 is 3.09 bits per heavy atom. The van der Waals surface area contributed by atoms with Gasteiger partial charge in [-0.15, -0.1) is 0 Å². The van der Waals surface area contributed by atoms with Crippen LogP contribution in [0.25, 0.3) is 6.20 Å². The molecule has 0 fully saturated rings. The molecule has 0 saturated heterocycles. The van der Waals surface area contributed by atoms with E-state index < -0.39 is 0 Å². The Morgan fingerprint density at radius 1 is 1.45 bits per heavy atom. The van der Waals surface area contributed by atoms with Crippen molar-refractivity contribution in [2.45, 2.75) is 25.7 Å². The molecule has 0 aliphatic heterocycles. The van der Waals surface area contributed by atoms with E-state index in [-0.39, 0.29) is 0 Å². The summed E-state index contributed by atoms with van der Waals surface area (Å²) in [5.74, 6) is 0. The molecule has 0 unspecified atom stereocenters. The zero-order valence-corrected chi connectivity index (χ0v) is 6.58. The molecule has 0 atom stereocenters. The number of hydrogen-bond acceptors (Lipinski definition) is 1. The summed E-state index contributed by atoms with van der Waals surface area (Å²) >= 11 is 0. The number of fused-ring (bicyclic) bond motifs is 1. The van der Waals surface area contributed by atoms with Gasteiger partial charge in [0.15, 0.2) is 0 Å². The van der Waals surface area contributed by atoms with E-state index in [1.54, 1.807) is 6.20 Å². The van der Waals surface area contributed by atoms with Crippen molar-refractivity contribution in [2.75, 3.05) is 0 Å². The smallest absolute Gasteiger partial charge is 0.0528 e.